The number of tetrazole rings is 1. The Hall–Kier alpha value is -3.72. The van der Waals surface area contributed by atoms with Crippen LogP contribution in [0.3, 0.4) is 0 Å². The first-order chi connectivity index (χ1) is 18.0. The molecule has 2 aromatic heterocycles. The highest BCUT2D eigenvalue weighted by atomic mass is 16.3. The van der Waals surface area contributed by atoms with Gasteiger partial charge in [-0.15, -0.1) is 5.10 Å². The zero-order chi connectivity index (χ0) is 25.5. The number of aromatic nitrogens is 5. The Bertz CT molecular complexity index is 1460. The number of hydrogen-bond donors (Lipinski definition) is 2. The smallest absolute Gasteiger partial charge is 0.253 e. The van der Waals surface area contributed by atoms with E-state index in [1.54, 1.807) is 12.1 Å². The quantitative estimate of drug-likeness (QED) is 0.430. The van der Waals surface area contributed by atoms with Gasteiger partial charge in [-0.2, -0.15) is 0 Å². The van der Waals surface area contributed by atoms with Gasteiger partial charge in [-0.25, -0.2) is 4.68 Å². The van der Waals surface area contributed by atoms with Crippen LogP contribution in [-0.4, -0.2) is 61.4 Å². The van der Waals surface area contributed by atoms with Crippen molar-refractivity contribution in [2.24, 2.45) is 0 Å². The van der Waals surface area contributed by atoms with E-state index >= 15 is 0 Å². The van der Waals surface area contributed by atoms with E-state index in [1.807, 2.05) is 35.9 Å². The van der Waals surface area contributed by atoms with E-state index in [9.17, 15) is 9.90 Å². The highest BCUT2D eigenvalue weighted by Crippen LogP contribution is 2.35. The molecule has 0 spiro atoms. The zero-order valence-corrected chi connectivity index (χ0v) is 21.4. The average Bonchev–Trinajstić information content (AvgIpc) is 3.58. The van der Waals surface area contributed by atoms with E-state index in [0.29, 0.717) is 5.56 Å². The van der Waals surface area contributed by atoms with Gasteiger partial charge in [0.05, 0.1) is 6.04 Å². The van der Waals surface area contributed by atoms with Crippen molar-refractivity contribution in [3.8, 4) is 5.75 Å². The van der Waals surface area contributed by atoms with Gasteiger partial charge in [-0.1, -0.05) is 18.9 Å². The molecular weight excluding hydrogens is 466 g/mol. The maximum absolute atomic E-state index is 13.6. The maximum atomic E-state index is 13.6. The molecule has 2 aromatic carbocycles. The minimum Gasteiger partial charge on any atom is -0.508 e. The molecule has 0 radical (unpaired) electrons. The van der Waals surface area contributed by atoms with E-state index < -0.39 is 0 Å². The largest absolute Gasteiger partial charge is 0.508 e. The monoisotopic (exact) mass is 499 g/mol. The molecule has 0 unspecified atom stereocenters. The summed E-state index contributed by atoms with van der Waals surface area (Å²) in [6.07, 6.45) is 4.47. The van der Waals surface area contributed by atoms with Gasteiger partial charge in [0.2, 0.25) is 0 Å². The third-order valence-electron chi connectivity index (χ3n) is 7.96. The van der Waals surface area contributed by atoms with Crippen LogP contribution < -0.4 is 10.5 Å². The van der Waals surface area contributed by atoms with E-state index in [0.717, 1.165) is 72.6 Å². The first kappa shape index (κ1) is 23.7. The van der Waals surface area contributed by atoms with Gasteiger partial charge in [0.25, 0.3) is 5.56 Å². The molecule has 9 heteroatoms. The Morgan fingerprint density at radius 2 is 1.73 bits per heavy atom. The molecule has 0 amide bonds. The van der Waals surface area contributed by atoms with Crippen molar-refractivity contribution in [1.82, 2.24) is 30.1 Å². The Labute approximate surface area is 215 Å². The SMILES string of the molecule is Cc1cc(C)c2cc([C@H](c3nnnn3C3CCCC3)N3CCN(c4ccc(O)cc4)CC3)c(=O)[nH]c2c1. The lowest BCUT2D eigenvalue weighted by Crippen LogP contribution is -2.49. The Kier molecular flexibility index (Phi) is 6.16. The van der Waals surface area contributed by atoms with Crippen LogP contribution in [-0.2, 0) is 0 Å². The number of piperazine rings is 1. The number of aryl methyl sites for hydroxylation is 2. The van der Waals surface area contributed by atoms with Crippen molar-refractivity contribution in [3.05, 3.63) is 75.3 Å². The predicted octanol–water partition coefficient (Wildman–Crippen LogP) is 3.86. The molecule has 37 heavy (non-hydrogen) atoms. The second kappa shape index (κ2) is 9.63. The maximum Gasteiger partial charge on any atom is 0.253 e. The lowest BCUT2D eigenvalue weighted by Gasteiger charge is -2.39. The normalized spacial score (nSPS) is 18.1. The fourth-order valence-electron chi connectivity index (χ4n) is 6.08. The Morgan fingerprint density at radius 1 is 1.00 bits per heavy atom. The molecule has 1 saturated carbocycles. The van der Waals surface area contributed by atoms with Crippen LogP contribution in [0.25, 0.3) is 10.9 Å². The summed E-state index contributed by atoms with van der Waals surface area (Å²) in [5.74, 6) is 1.02. The van der Waals surface area contributed by atoms with Crippen LogP contribution >= 0.6 is 0 Å². The number of pyridine rings is 1. The minimum absolute atomic E-state index is 0.0931. The van der Waals surface area contributed by atoms with Gasteiger partial charge < -0.3 is 15.0 Å². The van der Waals surface area contributed by atoms with Gasteiger partial charge in [0.15, 0.2) is 5.82 Å². The second-order valence-corrected chi connectivity index (χ2v) is 10.5. The van der Waals surface area contributed by atoms with Crippen LogP contribution in [0.2, 0.25) is 0 Å². The number of nitrogens with zero attached hydrogens (tertiary/aromatic N) is 6. The number of phenols is 1. The van der Waals surface area contributed by atoms with E-state index in [-0.39, 0.29) is 23.4 Å². The number of H-pyrrole nitrogens is 1. The van der Waals surface area contributed by atoms with Gasteiger partial charge in [0, 0.05) is 48.3 Å². The summed E-state index contributed by atoms with van der Waals surface area (Å²) in [5, 5.41) is 23.7. The van der Waals surface area contributed by atoms with Crippen LogP contribution in [0, 0.1) is 13.8 Å². The molecule has 1 saturated heterocycles. The van der Waals surface area contributed by atoms with Crippen LogP contribution in [0.5, 0.6) is 5.75 Å². The fourth-order valence-corrected chi connectivity index (χ4v) is 6.08. The molecule has 4 aromatic rings. The average molecular weight is 500 g/mol. The van der Waals surface area contributed by atoms with Gasteiger partial charge >= 0.3 is 0 Å². The molecule has 2 fully saturated rings. The van der Waals surface area contributed by atoms with E-state index in [1.165, 1.54) is 12.8 Å². The molecule has 1 aliphatic carbocycles. The molecule has 2 aliphatic rings. The third kappa shape index (κ3) is 4.48. The lowest BCUT2D eigenvalue weighted by molar-refractivity contribution is 0.197. The molecule has 1 aliphatic heterocycles. The number of aromatic amines is 1. The standard InChI is InChI=1S/C28H33N7O2/c1-18-15-19(2)23-17-24(28(37)29-25(23)16-18)26(27-30-31-32-35(27)21-5-3-4-6-21)34-13-11-33(12-14-34)20-7-9-22(36)10-8-20/h7-10,15-17,21,26,36H,3-6,11-14H2,1-2H3,(H,29,37)/t26-/m1/s1. The molecular formula is C28H33N7O2. The summed E-state index contributed by atoms with van der Waals surface area (Å²) in [6.45, 7) is 7.25. The summed E-state index contributed by atoms with van der Waals surface area (Å²) < 4.78 is 1.98. The van der Waals surface area contributed by atoms with Crippen molar-refractivity contribution < 1.29 is 5.11 Å². The van der Waals surface area contributed by atoms with Crippen molar-refractivity contribution in [1.29, 1.82) is 0 Å². The summed E-state index contributed by atoms with van der Waals surface area (Å²) in [5.41, 5.74) is 4.80. The summed E-state index contributed by atoms with van der Waals surface area (Å²) in [7, 11) is 0. The van der Waals surface area contributed by atoms with Crippen molar-refractivity contribution in [2.45, 2.75) is 51.6 Å². The van der Waals surface area contributed by atoms with Crippen molar-refractivity contribution >= 4 is 16.6 Å². The van der Waals surface area contributed by atoms with Gasteiger partial charge in [0.1, 0.15) is 11.8 Å². The molecule has 9 nitrogen and oxygen atoms in total. The number of nitrogens with one attached hydrogen (secondary N) is 1. The number of rotatable bonds is 5. The van der Waals surface area contributed by atoms with E-state index in [4.69, 9.17) is 0 Å². The van der Waals surface area contributed by atoms with Crippen LogP contribution in [0.15, 0.2) is 47.3 Å². The van der Waals surface area contributed by atoms with Crippen molar-refractivity contribution in [2.75, 3.05) is 31.1 Å². The first-order valence-corrected chi connectivity index (χ1v) is 13.2. The molecule has 0 bridgehead atoms. The van der Waals surface area contributed by atoms with Crippen LogP contribution in [0.4, 0.5) is 5.69 Å². The van der Waals surface area contributed by atoms with Gasteiger partial charge in [-0.05, 0) is 84.6 Å². The molecule has 3 heterocycles. The number of benzene rings is 2. The number of anilines is 1. The predicted molar refractivity (Wildman–Crippen MR) is 143 cm³/mol. The zero-order valence-electron chi connectivity index (χ0n) is 21.4. The summed E-state index contributed by atoms with van der Waals surface area (Å²) in [6, 6.07) is 13.5. The Balaban J connectivity index is 1.40. The minimum atomic E-state index is -0.341. The number of hydrogen-bond acceptors (Lipinski definition) is 7. The first-order valence-electron chi connectivity index (χ1n) is 13.2. The Morgan fingerprint density at radius 3 is 2.46 bits per heavy atom. The molecule has 2 N–H and O–H groups in total. The highest BCUT2D eigenvalue weighted by Gasteiger charge is 2.34. The summed E-state index contributed by atoms with van der Waals surface area (Å²) in [4.78, 5) is 21.4. The third-order valence-corrected chi connectivity index (χ3v) is 7.96. The summed E-state index contributed by atoms with van der Waals surface area (Å²) >= 11 is 0. The number of aromatic hydroxyl groups is 1. The molecule has 1 atom stereocenters. The fraction of sp³-hybridized carbons (Fsp3) is 0.429. The van der Waals surface area contributed by atoms with Crippen molar-refractivity contribution in [3.63, 3.8) is 0 Å². The van der Waals surface area contributed by atoms with E-state index in [2.05, 4.69) is 43.3 Å². The second-order valence-electron chi connectivity index (χ2n) is 10.5. The topological polar surface area (TPSA) is 103 Å². The molecule has 6 rings (SSSR count). The van der Waals surface area contributed by atoms with Crippen LogP contribution in [0.1, 0.15) is 60.3 Å². The highest BCUT2D eigenvalue weighted by molar-refractivity contribution is 5.83. The molecule has 192 valence electrons. The number of fused-ring (bicyclic) bond motifs is 1. The van der Waals surface area contributed by atoms with Gasteiger partial charge in [-0.3, -0.25) is 9.69 Å². The number of phenolic OH excluding ortho intramolecular Hbond substituents is 1. The lowest BCUT2D eigenvalue weighted by atomic mass is 9.99.